The van der Waals surface area contributed by atoms with E-state index >= 15 is 0 Å². The number of phenolic OH excluding ortho intramolecular Hbond substituents is 1. The van der Waals surface area contributed by atoms with Crippen molar-refractivity contribution in [2.24, 2.45) is 0 Å². The van der Waals surface area contributed by atoms with Gasteiger partial charge in [0.2, 0.25) is 5.91 Å². The molecule has 0 spiro atoms. The van der Waals surface area contributed by atoms with Gasteiger partial charge >= 0.3 is 0 Å². The average molecular weight is 380 g/mol. The number of rotatable bonds is 7. The van der Waals surface area contributed by atoms with Gasteiger partial charge in [-0.2, -0.15) is 0 Å². The van der Waals surface area contributed by atoms with Crippen LogP contribution in [0.1, 0.15) is 36.9 Å². The fraction of sp³-hybridized carbons (Fsp3) is 0.273. The minimum atomic E-state index is -0.575. The molecular formula is C22H24N2O4. The Morgan fingerprint density at radius 2 is 1.86 bits per heavy atom. The average Bonchev–Trinajstić information content (AvgIpc) is 2.72. The van der Waals surface area contributed by atoms with Crippen LogP contribution in [0.15, 0.2) is 48.7 Å². The molecule has 3 aromatic rings. The Morgan fingerprint density at radius 3 is 2.50 bits per heavy atom. The molecule has 3 rings (SSSR count). The van der Waals surface area contributed by atoms with E-state index in [1.165, 1.54) is 0 Å². The molecule has 0 saturated heterocycles. The summed E-state index contributed by atoms with van der Waals surface area (Å²) in [6, 6.07) is 12.2. The number of hydrogen-bond acceptors (Lipinski definition) is 5. The summed E-state index contributed by atoms with van der Waals surface area (Å²) >= 11 is 0. The van der Waals surface area contributed by atoms with E-state index in [2.05, 4.69) is 10.3 Å². The Balaban J connectivity index is 2.15. The van der Waals surface area contributed by atoms with Gasteiger partial charge in [-0.25, -0.2) is 0 Å². The van der Waals surface area contributed by atoms with E-state index in [9.17, 15) is 9.90 Å². The first-order chi connectivity index (χ1) is 13.6. The maximum atomic E-state index is 12.4. The first kappa shape index (κ1) is 19.5. The van der Waals surface area contributed by atoms with Crippen LogP contribution in [0.3, 0.4) is 0 Å². The number of carbonyl (C=O) groups excluding carboxylic acids is 1. The van der Waals surface area contributed by atoms with Crippen LogP contribution in [0.4, 0.5) is 0 Å². The van der Waals surface area contributed by atoms with Crippen molar-refractivity contribution in [3.05, 3.63) is 59.8 Å². The monoisotopic (exact) mass is 380 g/mol. The summed E-state index contributed by atoms with van der Waals surface area (Å²) in [6.07, 6.45) is 2.75. The molecule has 0 aliphatic heterocycles. The summed E-state index contributed by atoms with van der Waals surface area (Å²) in [6.45, 7) is 1.95. The molecule has 0 fully saturated rings. The minimum absolute atomic E-state index is 0.0432. The van der Waals surface area contributed by atoms with Crippen molar-refractivity contribution in [3.63, 3.8) is 0 Å². The SMILES string of the molecule is CCCC(=O)NC(c1cc(OC)cc(OC)c1)c1ccc2cccnc2c1O. The maximum absolute atomic E-state index is 12.4. The summed E-state index contributed by atoms with van der Waals surface area (Å²) < 4.78 is 10.7. The highest BCUT2D eigenvalue weighted by molar-refractivity contribution is 5.86. The van der Waals surface area contributed by atoms with Gasteiger partial charge in [0.15, 0.2) is 0 Å². The molecule has 1 aromatic heterocycles. The van der Waals surface area contributed by atoms with Gasteiger partial charge < -0.3 is 19.9 Å². The quantitative estimate of drug-likeness (QED) is 0.648. The van der Waals surface area contributed by atoms with E-state index in [0.29, 0.717) is 29.0 Å². The first-order valence-corrected chi connectivity index (χ1v) is 9.16. The Kier molecular flexibility index (Phi) is 5.99. The zero-order valence-electron chi connectivity index (χ0n) is 16.2. The zero-order valence-corrected chi connectivity index (χ0v) is 16.2. The topological polar surface area (TPSA) is 80.7 Å². The molecule has 28 heavy (non-hydrogen) atoms. The summed E-state index contributed by atoms with van der Waals surface area (Å²) in [5.41, 5.74) is 1.79. The number of carbonyl (C=O) groups is 1. The number of amides is 1. The number of phenols is 1. The lowest BCUT2D eigenvalue weighted by Crippen LogP contribution is -2.29. The van der Waals surface area contributed by atoms with E-state index in [0.717, 1.165) is 17.4 Å². The van der Waals surface area contributed by atoms with Crippen molar-refractivity contribution in [1.29, 1.82) is 0 Å². The highest BCUT2D eigenvalue weighted by Crippen LogP contribution is 2.37. The summed E-state index contributed by atoms with van der Waals surface area (Å²) in [7, 11) is 3.14. The smallest absolute Gasteiger partial charge is 0.220 e. The molecule has 2 N–H and O–H groups in total. The highest BCUT2D eigenvalue weighted by Gasteiger charge is 2.23. The van der Waals surface area contributed by atoms with E-state index in [4.69, 9.17) is 9.47 Å². The molecule has 1 amide bonds. The molecule has 6 nitrogen and oxygen atoms in total. The largest absolute Gasteiger partial charge is 0.505 e. The second kappa shape index (κ2) is 8.61. The van der Waals surface area contributed by atoms with E-state index in [1.54, 1.807) is 26.5 Å². The van der Waals surface area contributed by atoms with Crippen LogP contribution in [-0.2, 0) is 4.79 Å². The number of methoxy groups -OCH3 is 2. The van der Waals surface area contributed by atoms with Crippen LogP contribution < -0.4 is 14.8 Å². The number of benzene rings is 2. The summed E-state index contributed by atoms with van der Waals surface area (Å²) in [5.74, 6) is 1.14. The van der Waals surface area contributed by atoms with Gasteiger partial charge in [0, 0.05) is 29.6 Å². The standard InChI is InChI=1S/C22H24N2O4/c1-4-6-19(25)24-20(15-11-16(27-2)13-17(12-15)28-3)18-9-8-14-7-5-10-23-21(14)22(18)26/h5,7-13,20,26H,4,6H2,1-3H3,(H,24,25). The molecule has 1 unspecified atom stereocenters. The Morgan fingerprint density at radius 1 is 1.14 bits per heavy atom. The number of ether oxygens (including phenoxy) is 2. The molecular weight excluding hydrogens is 356 g/mol. The van der Waals surface area contributed by atoms with Crippen molar-refractivity contribution in [2.75, 3.05) is 14.2 Å². The normalized spacial score (nSPS) is 11.8. The molecule has 0 aliphatic rings. The number of aromatic hydroxyl groups is 1. The van der Waals surface area contributed by atoms with Crippen LogP contribution >= 0.6 is 0 Å². The molecule has 0 aliphatic carbocycles. The van der Waals surface area contributed by atoms with Gasteiger partial charge in [-0.1, -0.05) is 25.1 Å². The Labute approximate surface area is 164 Å². The number of fused-ring (bicyclic) bond motifs is 1. The molecule has 2 aromatic carbocycles. The van der Waals surface area contributed by atoms with Crippen molar-refractivity contribution < 1.29 is 19.4 Å². The Hall–Kier alpha value is -3.28. The number of pyridine rings is 1. The minimum Gasteiger partial charge on any atom is -0.505 e. The van der Waals surface area contributed by atoms with Gasteiger partial charge in [0.05, 0.1) is 20.3 Å². The fourth-order valence-corrected chi connectivity index (χ4v) is 3.18. The van der Waals surface area contributed by atoms with Gasteiger partial charge in [-0.15, -0.1) is 0 Å². The van der Waals surface area contributed by atoms with Crippen molar-refractivity contribution in [3.8, 4) is 17.2 Å². The van der Waals surface area contributed by atoms with Gasteiger partial charge in [0.25, 0.3) is 0 Å². The van der Waals surface area contributed by atoms with Crippen LogP contribution in [0.2, 0.25) is 0 Å². The predicted octanol–water partition coefficient (Wildman–Crippen LogP) is 3.96. The predicted molar refractivity (Wildman–Crippen MR) is 108 cm³/mol. The molecule has 0 bridgehead atoms. The third-order valence-electron chi connectivity index (χ3n) is 4.58. The zero-order chi connectivity index (χ0) is 20.1. The molecule has 0 radical (unpaired) electrons. The van der Waals surface area contributed by atoms with Crippen LogP contribution in [0.25, 0.3) is 10.9 Å². The van der Waals surface area contributed by atoms with Gasteiger partial charge in [0.1, 0.15) is 22.8 Å². The van der Waals surface area contributed by atoms with E-state index in [-0.39, 0.29) is 11.7 Å². The highest BCUT2D eigenvalue weighted by atomic mass is 16.5. The van der Waals surface area contributed by atoms with Crippen LogP contribution in [0.5, 0.6) is 17.2 Å². The summed E-state index contributed by atoms with van der Waals surface area (Å²) in [5, 5.41) is 14.7. The maximum Gasteiger partial charge on any atom is 0.220 e. The molecule has 1 heterocycles. The van der Waals surface area contributed by atoms with Crippen molar-refractivity contribution >= 4 is 16.8 Å². The van der Waals surface area contributed by atoms with E-state index < -0.39 is 6.04 Å². The lowest BCUT2D eigenvalue weighted by atomic mass is 9.95. The van der Waals surface area contributed by atoms with Crippen LogP contribution in [-0.4, -0.2) is 30.2 Å². The van der Waals surface area contributed by atoms with Crippen molar-refractivity contribution in [1.82, 2.24) is 10.3 Å². The van der Waals surface area contributed by atoms with E-state index in [1.807, 2.05) is 43.3 Å². The number of aromatic nitrogens is 1. The number of hydrogen-bond donors (Lipinski definition) is 2. The molecule has 0 saturated carbocycles. The summed E-state index contributed by atoms with van der Waals surface area (Å²) in [4.78, 5) is 16.7. The third-order valence-corrected chi connectivity index (χ3v) is 4.58. The van der Waals surface area contributed by atoms with Crippen molar-refractivity contribution in [2.45, 2.75) is 25.8 Å². The second-order valence-corrected chi connectivity index (χ2v) is 6.48. The Bertz CT molecular complexity index is 965. The number of nitrogens with one attached hydrogen (secondary N) is 1. The van der Waals surface area contributed by atoms with Gasteiger partial charge in [-0.05, 0) is 30.2 Å². The molecule has 6 heteroatoms. The lowest BCUT2D eigenvalue weighted by molar-refractivity contribution is -0.121. The molecule has 146 valence electrons. The second-order valence-electron chi connectivity index (χ2n) is 6.48. The first-order valence-electron chi connectivity index (χ1n) is 9.16. The molecule has 1 atom stereocenters. The van der Waals surface area contributed by atoms with Gasteiger partial charge in [-0.3, -0.25) is 9.78 Å². The fourth-order valence-electron chi connectivity index (χ4n) is 3.18. The lowest BCUT2D eigenvalue weighted by Gasteiger charge is -2.22. The van der Waals surface area contributed by atoms with Crippen LogP contribution in [0, 0.1) is 0 Å². The number of nitrogens with zero attached hydrogens (tertiary/aromatic N) is 1. The third kappa shape index (κ3) is 4.01.